The Morgan fingerprint density at radius 3 is 2.19 bits per heavy atom. The molecule has 0 spiro atoms. The fraction of sp³-hybridized carbons (Fsp3) is 0.364. The summed E-state index contributed by atoms with van der Waals surface area (Å²) >= 11 is 0. The largest absolute Gasteiger partial charge is 0.494 e. The van der Waals surface area contributed by atoms with Gasteiger partial charge < -0.3 is 14.5 Å². The molecule has 31 heavy (non-hydrogen) atoms. The highest BCUT2D eigenvalue weighted by Crippen LogP contribution is 2.26. The number of sulfonamides is 1. The molecule has 166 valence electrons. The molecule has 9 heteroatoms. The van der Waals surface area contributed by atoms with Crippen LogP contribution >= 0.6 is 0 Å². The van der Waals surface area contributed by atoms with Gasteiger partial charge in [-0.15, -0.1) is 0 Å². The molecule has 0 unspecified atom stereocenters. The number of carbonyl (C=O) groups is 2. The molecule has 1 aliphatic rings. The summed E-state index contributed by atoms with van der Waals surface area (Å²) in [6.45, 7) is 5.53. The van der Waals surface area contributed by atoms with Gasteiger partial charge in [0.15, 0.2) is 0 Å². The van der Waals surface area contributed by atoms with Crippen molar-refractivity contribution in [1.82, 2.24) is 9.80 Å². The normalized spacial score (nSPS) is 14.3. The van der Waals surface area contributed by atoms with Gasteiger partial charge in [0.2, 0.25) is 12.3 Å². The third kappa shape index (κ3) is 5.35. The Morgan fingerprint density at radius 1 is 1.03 bits per heavy atom. The first-order chi connectivity index (χ1) is 14.8. The number of piperazine rings is 1. The number of hydrogen-bond donors (Lipinski definition) is 0. The maximum absolute atomic E-state index is 13.4. The van der Waals surface area contributed by atoms with Gasteiger partial charge >= 0.3 is 0 Å². The van der Waals surface area contributed by atoms with Gasteiger partial charge in [0.25, 0.3) is 10.0 Å². The fourth-order valence-corrected chi connectivity index (χ4v) is 4.74. The fourth-order valence-electron chi connectivity index (χ4n) is 3.33. The lowest BCUT2D eigenvalue weighted by atomic mass is 10.2. The van der Waals surface area contributed by atoms with Crippen molar-refractivity contribution in [2.24, 2.45) is 0 Å². The minimum atomic E-state index is -3.97. The third-order valence-electron chi connectivity index (χ3n) is 5.14. The Morgan fingerprint density at radius 2 is 1.65 bits per heavy atom. The number of anilines is 1. The molecule has 8 nitrogen and oxygen atoms in total. The van der Waals surface area contributed by atoms with Gasteiger partial charge in [-0.05, 0) is 50.2 Å². The molecule has 0 bridgehead atoms. The van der Waals surface area contributed by atoms with Gasteiger partial charge in [-0.3, -0.25) is 13.9 Å². The quantitative estimate of drug-likeness (QED) is 0.579. The Kier molecular flexibility index (Phi) is 7.17. The van der Waals surface area contributed by atoms with E-state index in [4.69, 9.17) is 4.74 Å². The maximum atomic E-state index is 13.4. The zero-order chi connectivity index (χ0) is 22.4. The Balaban J connectivity index is 1.89. The predicted molar refractivity (Wildman–Crippen MR) is 118 cm³/mol. The van der Waals surface area contributed by atoms with Crippen LogP contribution in [0.2, 0.25) is 0 Å². The smallest absolute Gasteiger partial charge is 0.264 e. The topological polar surface area (TPSA) is 87.2 Å². The monoisotopic (exact) mass is 445 g/mol. The van der Waals surface area contributed by atoms with Crippen LogP contribution in [0.3, 0.4) is 0 Å². The minimum Gasteiger partial charge on any atom is -0.494 e. The van der Waals surface area contributed by atoms with Crippen molar-refractivity contribution < 1.29 is 22.7 Å². The standard InChI is InChI=1S/C22H27N3O5S/c1-3-30-20-8-6-19(7-9-20)25(31(28,29)21-10-4-18(2)5-11-21)16-22(27)24-14-12-23(17-26)13-15-24/h4-11,17H,3,12-16H2,1-2H3. The van der Waals surface area contributed by atoms with Crippen LogP contribution in [0.25, 0.3) is 0 Å². The molecule has 0 atom stereocenters. The van der Waals surface area contributed by atoms with Crippen LogP contribution < -0.4 is 9.04 Å². The Hall–Kier alpha value is -3.07. The van der Waals surface area contributed by atoms with Crippen LogP contribution in [0.1, 0.15) is 12.5 Å². The zero-order valence-corrected chi connectivity index (χ0v) is 18.5. The van der Waals surface area contributed by atoms with E-state index in [-0.39, 0.29) is 17.3 Å². The lowest BCUT2D eigenvalue weighted by Gasteiger charge is -2.34. The van der Waals surface area contributed by atoms with Gasteiger partial charge in [-0.1, -0.05) is 17.7 Å². The van der Waals surface area contributed by atoms with E-state index in [1.165, 1.54) is 0 Å². The number of nitrogens with zero attached hydrogens (tertiary/aromatic N) is 3. The highest BCUT2D eigenvalue weighted by Gasteiger charge is 2.30. The number of ether oxygens (including phenoxy) is 1. The molecule has 1 heterocycles. The molecule has 3 rings (SSSR count). The number of hydrogen-bond acceptors (Lipinski definition) is 5. The van der Waals surface area contributed by atoms with Crippen LogP contribution in [0.15, 0.2) is 53.4 Å². The van der Waals surface area contributed by atoms with E-state index in [2.05, 4.69) is 0 Å². The van der Waals surface area contributed by atoms with Crippen LogP contribution in [-0.2, 0) is 19.6 Å². The summed E-state index contributed by atoms with van der Waals surface area (Å²) in [5.41, 5.74) is 1.32. The van der Waals surface area contributed by atoms with Crippen LogP contribution in [0.4, 0.5) is 5.69 Å². The number of amides is 2. The molecule has 0 saturated carbocycles. The summed E-state index contributed by atoms with van der Waals surface area (Å²) < 4.78 is 33.5. The second kappa shape index (κ2) is 9.82. The Bertz CT molecular complexity index is 998. The summed E-state index contributed by atoms with van der Waals surface area (Å²) in [4.78, 5) is 27.2. The SMILES string of the molecule is CCOc1ccc(N(CC(=O)N2CCN(C=O)CC2)S(=O)(=O)c2ccc(C)cc2)cc1. The van der Waals surface area contributed by atoms with Gasteiger partial charge in [-0.25, -0.2) is 8.42 Å². The molecule has 1 fully saturated rings. The first kappa shape index (κ1) is 22.6. The third-order valence-corrected chi connectivity index (χ3v) is 6.93. The number of aryl methyl sites for hydroxylation is 1. The molecule has 0 radical (unpaired) electrons. The molecule has 2 aromatic rings. The molecule has 1 aliphatic heterocycles. The van der Waals surface area contributed by atoms with Crippen molar-refractivity contribution in [1.29, 1.82) is 0 Å². The summed E-state index contributed by atoms with van der Waals surface area (Å²) in [6, 6.07) is 13.2. The van der Waals surface area contributed by atoms with Crippen LogP contribution in [0, 0.1) is 6.92 Å². The van der Waals surface area contributed by atoms with Crippen molar-refractivity contribution in [3.8, 4) is 5.75 Å². The molecule has 0 N–H and O–H groups in total. The lowest BCUT2D eigenvalue weighted by molar-refractivity contribution is -0.133. The summed E-state index contributed by atoms with van der Waals surface area (Å²) in [7, 11) is -3.97. The van der Waals surface area contributed by atoms with Gasteiger partial charge in [0.1, 0.15) is 12.3 Å². The summed E-state index contributed by atoms with van der Waals surface area (Å²) in [6.07, 6.45) is 0.760. The van der Waals surface area contributed by atoms with E-state index < -0.39 is 10.0 Å². The van der Waals surface area contributed by atoms with Gasteiger partial charge in [0.05, 0.1) is 17.2 Å². The predicted octanol–water partition coefficient (Wildman–Crippen LogP) is 1.89. The van der Waals surface area contributed by atoms with E-state index in [1.54, 1.807) is 58.3 Å². The van der Waals surface area contributed by atoms with E-state index in [9.17, 15) is 18.0 Å². The Labute approximate surface area is 183 Å². The molecule has 1 saturated heterocycles. The summed E-state index contributed by atoms with van der Waals surface area (Å²) in [5.74, 6) is 0.311. The number of carbonyl (C=O) groups excluding carboxylic acids is 2. The first-order valence-electron chi connectivity index (χ1n) is 10.1. The van der Waals surface area contributed by atoms with Gasteiger partial charge in [-0.2, -0.15) is 0 Å². The molecule has 0 aromatic heterocycles. The zero-order valence-electron chi connectivity index (χ0n) is 17.7. The van der Waals surface area contributed by atoms with Gasteiger partial charge in [0, 0.05) is 26.2 Å². The first-order valence-corrected chi connectivity index (χ1v) is 11.6. The van der Waals surface area contributed by atoms with Crippen LogP contribution in [0.5, 0.6) is 5.75 Å². The van der Waals surface area contributed by atoms with Crippen molar-refractivity contribution in [3.63, 3.8) is 0 Å². The van der Waals surface area contributed by atoms with E-state index in [1.807, 2.05) is 13.8 Å². The number of rotatable bonds is 8. The maximum Gasteiger partial charge on any atom is 0.264 e. The average molecular weight is 446 g/mol. The second-order valence-electron chi connectivity index (χ2n) is 7.27. The highest BCUT2D eigenvalue weighted by molar-refractivity contribution is 7.92. The van der Waals surface area contributed by atoms with Crippen molar-refractivity contribution in [2.45, 2.75) is 18.7 Å². The average Bonchev–Trinajstić information content (AvgIpc) is 2.78. The van der Waals surface area contributed by atoms with E-state index >= 15 is 0 Å². The molecular weight excluding hydrogens is 418 g/mol. The van der Waals surface area contributed by atoms with E-state index in [0.29, 0.717) is 44.2 Å². The molecule has 2 aromatic carbocycles. The van der Waals surface area contributed by atoms with Crippen molar-refractivity contribution in [2.75, 3.05) is 43.6 Å². The second-order valence-corrected chi connectivity index (χ2v) is 9.14. The minimum absolute atomic E-state index is 0.116. The van der Waals surface area contributed by atoms with Crippen LogP contribution in [-0.4, -0.2) is 69.9 Å². The molecule has 0 aliphatic carbocycles. The lowest BCUT2D eigenvalue weighted by Crippen LogP contribution is -2.51. The molecular formula is C22H27N3O5S. The van der Waals surface area contributed by atoms with E-state index in [0.717, 1.165) is 16.3 Å². The highest BCUT2D eigenvalue weighted by atomic mass is 32.2. The summed E-state index contributed by atoms with van der Waals surface area (Å²) in [5, 5.41) is 0. The van der Waals surface area contributed by atoms with Crippen molar-refractivity contribution >= 4 is 28.0 Å². The number of benzene rings is 2. The molecule has 2 amide bonds. The van der Waals surface area contributed by atoms with Crippen molar-refractivity contribution in [3.05, 3.63) is 54.1 Å².